The zero-order valence-corrected chi connectivity index (χ0v) is 11.7. The molecule has 0 atom stereocenters. The number of halogens is 5. The van der Waals surface area contributed by atoms with Gasteiger partial charge >= 0.3 is 0 Å². The molecule has 0 aliphatic heterocycles. The van der Waals surface area contributed by atoms with E-state index in [1.165, 1.54) is 0 Å². The third-order valence-corrected chi connectivity index (χ3v) is 3.13. The van der Waals surface area contributed by atoms with E-state index < -0.39 is 51.2 Å². The molecule has 2 rings (SSSR count). The van der Waals surface area contributed by atoms with Crippen LogP contribution in [0.1, 0.15) is 5.56 Å². The topological polar surface area (TPSA) is 64.0 Å². The van der Waals surface area contributed by atoms with Crippen molar-refractivity contribution in [1.82, 2.24) is 9.78 Å². The van der Waals surface area contributed by atoms with Crippen LogP contribution in [0.25, 0.3) is 0 Å². The number of rotatable bonds is 4. The van der Waals surface area contributed by atoms with Crippen LogP contribution in [0.15, 0.2) is 12.3 Å². The summed E-state index contributed by atoms with van der Waals surface area (Å²) in [5.74, 6) is -10.5. The van der Waals surface area contributed by atoms with Crippen LogP contribution in [-0.4, -0.2) is 24.5 Å². The van der Waals surface area contributed by atoms with E-state index in [1.54, 1.807) is 0 Å². The number of hydrogen-bond acceptors (Lipinski definition) is 3. The highest BCUT2D eigenvalue weighted by Crippen LogP contribution is 2.23. The summed E-state index contributed by atoms with van der Waals surface area (Å²) in [4.78, 5) is 0. The van der Waals surface area contributed by atoms with Gasteiger partial charge < -0.3 is 0 Å². The van der Waals surface area contributed by atoms with Crippen LogP contribution in [0, 0.1) is 29.1 Å². The van der Waals surface area contributed by atoms with Crippen LogP contribution in [-0.2, 0) is 16.6 Å². The zero-order chi connectivity index (χ0) is 16.7. The fourth-order valence-corrected chi connectivity index (χ4v) is 2.13. The number of aromatic nitrogens is 2. The van der Waals surface area contributed by atoms with Gasteiger partial charge in [-0.25, -0.2) is 30.4 Å². The van der Waals surface area contributed by atoms with Crippen molar-refractivity contribution >= 4 is 15.8 Å². The molecule has 120 valence electrons. The largest absolute Gasteiger partial charge is 0.266 e. The molecule has 0 amide bonds. The zero-order valence-electron chi connectivity index (χ0n) is 10.9. The Morgan fingerprint density at radius 2 is 1.55 bits per heavy atom. The lowest BCUT2D eigenvalue weighted by Crippen LogP contribution is -2.13. The summed E-state index contributed by atoms with van der Waals surface area (Å²) in [6.45, 7) is -0.767. The maximum Gasteiger partial charge on any atom is 0.231 e. The van der Waals surface area contributed by atoms with Crippen molar-refractivity contribution in [3.05, 3.63) is 46.9 Å². The summed E-state index contributed by atoms with van der Waals surface area (Å²) in [7, 11) is -3.62. The number of sulfonamides is 1. The number of benzene rings is 1. The summed E-state index contributed by atoms with van der Waals surface area (Å²) in [5.41, 5.74) is -1.08. The van der Waals surface area contributed by atoms with Crippen molar-refractivity contribution < 1.29 is 30.4 Å². The van der Waals surface area contributed by atoms with Crippen molar-refractivity contribution in [1.29, 1.82) is 0 Å². The Bertz CT molecular complexity index is 805. The van der Waals surface area contributed by atoms with Gasteiger partial charge in [-0.2, -0.15) is 5.10 Å². The van der Waals surface area contributed by atoms with E-state index in [1.807, 2.05) is 4.72 Å². The van der Waals surface area contributed by atoms with E-state index in [0.29, 0.717) is 0 Å². The molecule has 0 aliphatic carbocycles. The SMILES string of the molecule is CS(=O)(=O)Nc1ccn(Cc2c(F)c(F)c(F)c(F)c2F)n1. The highest BCUT2D eigenvalue weighted by Gasteiger charge is 2.25. The van der Waals surface area contributed by atoms with E-state index >= 15 is 0 Å². The van der Waals surface area contributed by atoms with Crippen LogP contribution in [0.3, 0.4) is 0 Å². The lowest BCUT2D eigenvalue weighted by molar-refractivity contribution is 0.367. The average Bonchev–Trinajstić information content (AvgIpc) is 2.84. The Kier molecular flexibility index (Phi) is 4.09. The molecule has 5 nitrogen and oxygen atoms in total. The van der Waals surface area contributed by atoms with E-state index in [0.717, 1.165) is 23.2 Å². The Balaban J connectivity index is 2.36. The molecule has 0 radical (unpaired) electrons. The molecule has 0 saturated heterocycles. The number of hydrogen-bond donors (Lipinski definition) is 1. The predicted octanol–water partition coefficient (Wildman–Crippen LogP) is 2.00. The molecule has 2 aromatic rings. The first kappa shape index (κ1) is 16.2. The minimum atomic E-state index is -3.62. The fourth-order valence-electron chi connectivity index (χ4n) is 1.65. The van der Waals surface area contributed by atoms with Gasteiger partial charge in [0.15, 0.2) is 29.1 Å². The van der Waals surface area contributed by atoms with Crippen LogP contribution < -0.4 is 4.72 Å². The van der Waals surface area contributed by atoms with Gasteiger partial charge in [-0.1, -0.05) is 0 Å². The molecular formula is C11H8F5N3O2S. The van der Waals surface area contributed by atoms with Gasteiger partial charge in [0.2, 0.25) is 15.8 Å². The summed E-state index contributed by atoms with van der Waals surface area (Å²) >= 11 is 0. The second kappa shape index (κ2) is 5.55. The number of nitrogens with one attached hydrogen (secondary N) is 1. The van der Waals surface area contributed by atoms with E-state index in [4.69, 9.17) is 0 Å². The van der Waals surface area contributed by atoms with Gasteiger partial charge in [0.1, 0.15) is 0 Å². The number of nitrogens with zero attached hydrogens (tertiary/aromatic N) is 2. The van der Waals surface area contributed by atoms with E-state index in [-0.39, 0.29) is 5.82 Å². The van der Waals surface area contributed by atoms with E-state index in [9.17, 15) is 30.4 Å². The second-order valence-corrected chi connectivity index (χ2v) is 6.07. The smallest absolute Gasteiger partial charge is 0.231 e. The molecule has 22 heavy (non-hydrogen) atoms. The molecule has 1 N–H and O–H groups in total. The van der Waals surface area contributed by atoms with Crippen LogP contribution in [0.2, 0.25) is 0 Å². The molecule has 11 heteroatoms. The maximum atomic E-state index is 13.5. The summed E-state index contributed by atoms with van der Waals surface area (Å²) in [6.07, 6.45) is 1.97. The molecule has 1 aromatic heterocycles. The average molecular weight is 341 g/mol. The second-order valence-electron chi connectivity index (χ2n) is 4.32. The minimum absolute atomic E-state index is 0.161. The molecule has 0 spiro atoms. The molecule has 0 bridgehead atoms. The standard InChI is InChI=1S/C11H8F5N3O2S/c1-22(20,21)18-6-2-3-19(17-6)4-5-7(12)9(14)11(16)10(15)8(5)13/h2-3H,4H2,1H3,(H,17,18). The Morgan fingerprint density at radius 3 is 2.05 bits per heavy atom. The van der Waals surface area contributed by atoms with Crippen molar-refractivity contribution in [2.75, 3.05) is 11.0 Å². The highest BCUT2D eigenvalue weighted by atomic mass is 32.2. The summed E-state index contributed by atoms with van der Waals surface area (Å²) < 4.78 is 90.8. The van der Waals surface area contributed by atoms with Crippen molar-refractivity contribution in [2.24, 2.45) is 0 Å². The Labute approximate surface area is 121 Å². The normalized spacial score (nSPS) is 11.7. The molecule has 0 unspecified atom stereocenters. The van der Waals surface area contributed by atoms with Gasteiger partial charge in [-0.05, 0) is 0 Å². The monoisotopic (exact) mass is 341 g/mol. The summed E-state index contributed by atoms with van der Waals surface area (Å²) in [5, 5.41) is 3.61. The third-order valence-electron chi connectivity index (χ3n) is 2.55. The third kappa shape index (κ3) is 3.18. The molecule has 0 fully saturated rings. The van der Waals surface area contributed by atoms with Crippen molar-refractivity contribution in [3.8, 4) is 0 Å². The van der Waals surface area contributed by atoms with Crippen molar-refractivity contribution in [2.45, 2.75) is 6.54 Å². The molecule has 1 heterocycles. The Hall–Kier alpha value is -2.17. The van der Waals surface area contributed by atoms with Gasteiger partial charge in [0, 0.05) is 12.3 Å². The lowest BCUT2D eigenvalue weighted by atomic mass is 10.1. The van der Waals surface area contributed by atoms with Gasteiger partial charge in [0.25, 0.3) is 0 Å². The van der Waals surface area contributed by atoms with Gasteiger partial charge in [-0.15, -0.1) is 0 Å². The highest BCUT2D eigenvalue weighted by molar-refractivity contribution is 7.92. The van der Waals surface area contributed by atoms with Crippen molar-refractivity contribution in [3.63, 3.8) is 0 Å². The lowest BCUT2D eigenvalue weighted by Gasteiger charge is -2.08. The number of anilines is 1. The first-order chi connectivity index (χ1) is 10.1. The first-order valence-electron chi connectivity index (χ1n) is 5.61. The van der Waals surface area contributed by atoms with Crippen LogP contribution in [0.4, 0.5) is 27.8 Å². The minimum Gasteiger partial charge on any atom is -0.266 e. The molecule has 1 aromatic carbocycles. The van der Waals surface area contributed by atoms with E-state index in [2.05, 4.69) is 5.10 Å². The van der Waals surface area contributed by atoms with Gasteiger partial charge in [0.05, 0.1) is 18.4 Å². The van der Waals surface area contributed by atoms with Crippen LogP contribution in [0.5, 0.6) is 0 Å². The Morgan fingerprint density at radius 1 is 1.05 bits per heavy atom. The molecular weight excluding hydrogens is 333 g/mol. The first-order valence-corrected chi connectivity index (χ1v) is 7.51. The maximum absolute atomic E-state index is 13.5. The molecule has 0 saturated carbocycles. The van der Waals surface area contributed by atoms with Crippen LogP contribution >= 0.6 is 0 Å². The fraction of sp³-hybridized carbons (Fsp3) is 0.182. The predicted molar refractivity (Wildman–Crippen MR) is 66.0 cm³/mol. The molecule has 0 aliphatic rings. The summed E-state index contributed by atoms with van der Waals surface area (Å²) in [6, 6.07) is 1.16. The van der Waals surface area contributed by atoms with Gasteiger partial charge in [-0.3, -0.25) is 9.40 Å². The quantitative estimate of drug-likeness (QED) is 0.526.